The first kappa shape index (κ1) is 11.6. The van der Waals surface area contributed by atoms with Gasteiger partial charge in [-0.15, -0.1) is 0 Å². The highest BCUT2D eigenvalue weighted by Crippen LogP contribution is 2.20. The van der Waals surface area contributed by atoms with Crippen LogP contribution in [0, 0.1) is 0 Å². The first-order valence-corrected chi connectivity index (χ1v) is 5.67. The van der Waals surface area contributed by atoms with Gasteiger partial charge in [-0.25, -0.2) is 0 Å². The van der Waals surface area contributed by atoms with E-state index in [1.165, 1.54) is 0 Å². The van der Waals surface area contributed by atoms with Gasteiger partial charge in [0.05, 0.1) is 6.61 Å². The molecule has 4 nitrogen and oxygen atoms in total. The molecule has 17 heavy (non-hydrogen) atoms. The highest BCUT2D eigenvalue weighted by molar-refractivity contribution is 6.01. The van der Waals surface area contributed by atoms with Gasteiger partial charge in [0.15, 0.2) is 6.10 Å². The summed E-state index contributed by atoms with van der Waals surface area (Å²) < 4.78 is 10.2. The lowest BCUT2D eigenvalue weighted by Crippen LogP contribution is -2.20. The zero-order valence-corrected chi connectivity index (χ0v) is 9.64. The van der Waals surface area contributed by atoms with Crippen molar-refractivity contribution in [2.45, 2.75) is 25.9 Å². The quantitative estimate of drug-likeness (QED) is 0.590. The molecule has 0 N–H and O–H groups in total. The Morgan fingerprint density at radius 1 is 1.41 bits per heavy atom. The highest BCUT2D eigenvalue weighted by Gasteiger charge is 2.30. The predicted molar refractivity (Wildman–Crippen MR) is 61.1 cm³/mol. The molecule has 0 bridgehead atoms. The van der Waals surface area contributed by atoms with Crippen molar-refractivity contribution in [3.05, 3.63) is 29.8 Å². The molecule has 0 spiro atoms. The summed E-state index contributed by atoms with van der Waals surface area (Å²) in [6, 6.07) is 6.87. The summed E-state index contributed by atoms with van der Waals surface area (Å²) in [7, 11) is 0. The van der Waals surface area contributed by atoms with Crippen molar-refractivity contribution in [3.8, 4) is 5.75 Å². The average molecular weight is 234 g/mol. The van der Waals surface area contributed by atoms with Crippen LogP contribution in [-0.2, 0) is 9.53 Å². The summed E-state index contributed by atoms with van der Waals surface area (Å²) in [5.41, 5.74) is 0.549. The second-order valence-corrected chi connectivity index (χ2v) is 3.84. The molecule has 1 unspecified atom stereocenters. The van der Waals surface area contributed by atoms with Gasteiger partial charge in [-0.3, -0.25) is 9.59 Å². The Hall–Kier alpha value is -1.84. The predicted octanol–water partition coefficient (Wildman–Crippen LogP) is 1.97. The van der Waals surface area contributed by atoms with Crippen LogP contribution in [-0.4, -0.2) is 24.5 Å². The number of cyclic esters (lactones) is 1. The minimum absolute atomic E-state index is 0.140. The summed E-state index contributed by atoms with van der Waals surface area (Å²) in [5, 5.41) is 0. The van der Waals surface area contributed by atoms with Gasteiger partial charge in [-0.1, -0.05) is 0 Å². The second kappa shape index (κ2) is 4.99. The zero-order valence-electron chi connectivity index (χ0n) is 9.64. The van der Waals surface area contributed by atoms with Gasteiger partial charge in [-0.05, 0) is 31.2 Å². The molecule has 1 aliphatic heterocycles. The fourth-order valence-electron chi connectivity index (χ4n) is 1.78. The number of esters is 1. The van der Waals surface area contributed by atoms with Gasteiger partial charge in [0.1, 0.15) is 5.75 Å². The van der Waals surface area contributed by atoms with Crippen LogP contribution in [0.2, 0.25) is 0 Å². The first-order valence-electron chi connectivity index (χ1n) is 5.67. The van der Waals surface area contributed by atoms with Crippen molar-refractivity contribution in [3.63, 3.8) is 0 Å². The Kier molecular flexibility index (Phi) is 3.42. The van der Waals surface area contributed by atoms with Gasteiger partial charge in [-0.2, -0.15) is 0 Å². The van der Waals surface area contributed by atoms with E-state index in [2.05, 4.69) is 0 Å². The number of hydrogen-bond donors (Lipinski definition) is 0. The lowest BCUT2D eigenvalue weighted by molar-refractivity contribution is -0.140. The lowest BCUT2D eigenvalue weighted by Gasteiger charge is -2.08. The summed E-state index contributed by atoms with van der Waals surface area (Å²) in [4.78, 5) is 22.9. The van der Waals surface area contributed by atoms with Crippen LogP contribution < -0.4 is 4.74 Å². The van der Waals surface area contributed by atoms with Gasteiger partial charge < -0.3 is 9.47 Å². The summed E-state index contributed by atoms with van der Waals surface area (Å²) in [6.07, 6.45) is 0.193. The van der Waals surface area contributed by atoms with E-state index in [-0.39, 0.29) is 11.8 Å². The normalized spacial score (nSPS) is 18.9. The maximum atomic E-state index is 11.9. The molecule has 1 saturated heterocycles. The third kappa shape index (κ3) is 2.64. The van der Waals surface area contributed by atoms with Crippen molar-refractivity contribution in [1.29, 1.82) is 0 Å². The van der Waals surface area contributed by atoms with E-state index in [0.29, 0.717) is 25.0 Å². The van der Waals surface area contributed by atoms with Crippen LogP contribution in [0.5, 0.6) is 5.75 Å². The van der Waals surface area contributed by atoms with Crippen LogP contribution in [0.25, 0.3) is 0 Å². The Balaban J connectivity index is 2.06. The van der Waals surface area contributed by atoms with Crippen LogP contribution in [0.1, 0.15) is 30.1 Å². The van der Waals surface area contributed by atoms with Crippen molar-refractivity contribution < 1.29 is 19.1 Å². The van der Waals surface area contributed by atoms with Gasteiger partial charge in [0, 0.05) is 18.4 Å². The SMILES string of the molecule is CCOc1ccc(C(=O)C2CCC(=O)O2)cc1. The largest absolute Gasteiger partial charge is 0.494 e. The monoisotopic (exact) mass is 234 g/mol. The molecule has 1 aromatic rings. The number of Topliss-reactive ketones (excluding diaryl/α,β-unsaturated/α-hetero) is 1. The molecule has 90 valence electrons. The Labute approximate surface area is 99.5 Å². The Morgan fingerprint density at radius 3 is 2.65 bits per heavy atom. The summed E-state index contributed by atoms with van der Waals surface area (Å²) in [5.74, 6) is 0.292. The molecule has 0 amide bonds. The second-order valence-electron chi connectivity index (χ2n) is 3.84. The molecule has 1 atom stereocenters. The number of carbonyl (C=O) groups excluding carboxylic acids is 2. The van der Waals surface area contributed by atoms with Crippen molar-refractivity contribution in [2.24, 2.45) is 0 Å². The molecular formula is C13H14O4. The number of carbonyl (C=O) groups is 2. The fraction of sp³-hybridized carbons (Fsp3) is 0.385. The topological polar surface area (TPSA) is 52.6 Å². The molecule has 1 heterocycles. The third-order valence-corrected chi connectivity index (χ3v) is 2.63. The highest BCUT2D eigenvalue weighted by atomic mass is 16.6. The van der Waals surface area contributed by atoms with Crippen molar-refractivity contribution in [2.75, 3.05) is 6.61 Å². The average Bonchev–Trinajstić information content (AvgIpc) is 2.76. The van der Waals surface area contributed by atoms with E-state index in [0.717, 1.165) is 5.75 Å². The third-order valence-electron chi connectivity index (χ3n) is 2.63. The van der Waals surface area contributed by atoms with E-state index < -0.39 is 6.10 Å². The lowest BCUT2D eigenvalue weighted by atomic mass is 10.0. The number of rotatable bonds is 4. The Bertz CT molecular complexity index is 422. The molecular weight excluding hydrogens is 220 g/mol. The van der Waals surface area contributed by atoms with E-state index in [4.69, 9.17) is 9.47 Å². The Morgan fingerprint density at radius 2 is 2.12 bits per heavy atom. The van der Waals surface area contributed by atoms with Gasteiger partial charge in [0.2, 0.25) is 5.78 Å². The fourth-order valence-corrected chi connectivity index (χ4v) is 1.78. The smallest absolute Gasteiger partial charge is 0.306 e. The molecule has 0 aliphatic carbocycles. The molecule has 0 radical (unpaired) electrons. The minimum atomic E-state index is -0.611. The molecule has 2 rings (SSSR count). The zero-order chi connectivity index (χ0) is 12.3. The van der Waals surface area contributed by atoms with E-state index in [1.54, 1.807) is 24.3 Å². The summed E-state index contributed by atoms with van der Waals surface area (Å²) >= 11 is 0. The van der Waals surface area contributed by atoms with Crippen LogP contribution >= 0.6 is 0 Å². The van der Waals surface area contributed by atoms with Crippen molar-refractivity contribution >= 4 is 11.8 Å². The van der Waals surface area contributed by atoms with Gasteiger partial charge in [0.25, 0.3) is 0 Å². The van der Waals surface area contributed by atoms with E-state index >= 15 is 0 Å². The number of ketones is 1. The van der Waals surface area contributed by atoms with Crippen LogP contribution in [0.15, 0.2) is 24.3 Å². The van der Waals surface area contributed by atoms with Crippen LogP contribution in [0.3, 0.4) is 0 Å². The maximum Gasteiger partial charge on any atom is 0.306 e. The molecule has 0 saturated carbocycles. The molecule has 1 aromatic carbocycles. The summed E-state index contributed by atoms with van der Waals surface area (Å²) in [6.45, 7) is 2.49. The minimum Gasteiger partial charge on any atom is -0.494 e. The first-order chi connectivity index (χ1) is 8.20. The van der Waals surface area contributed by atoms with E-state index in [1.807, 2.05) is 6.92 Å². The molecule has 1 aliphatic rings. The number of ether oxygens (including phenoxy) is 2. The van der Waals surface area contributed by atoms with Gasteiger partial charge >= 0.3 is 5.97 Å². The number of benzene rings is 1. The van der Waals surface area contributed by atoms with Crippen LogP contribution in [0.4, 0.5) is 0 Å². The standard InChI is InChI=1S/C13H14O4/c1-2-16-10-5-3-9(4-6-10)13(15)11-7-8-12(14)17-11/h3-6,11H,2,7-8H2,1H3. The number of hydrogen-bond acceptors (Lipinski definition) is 4. The molecule has 1 fully saturated rings. The molecule has 4 heteroatoms. The molecule has 0 aromatic heterocycles. The van der Waals surface area contributed by atoms with Crippen molar-refractivity contribution in [1.82, 2.24) is 0 Å². The maximum absolute atomic E-state index is 11.9. The van der Waals surface area contributed by atoms with E-state index in [9.17, 15) is 9.59 Å².